The van der Waals surface area contributed by atoms with Gasteiger partial charge in [0.1, 0.15) is 5.76 Å². The van der Waals surface area contributed by atoms with Gasteiger partial charge in [0.15, 0.2) is 11.6 Å². The van der Waals surface area contributed by atoms with E-state index in [1.807, 2.05) is 18.2 Å². The molecule has 1 atom stereocenters. The summed E-state index contributed by atoms with van der Waals surface area (Å²) in [6, 6.07) is 8.84. The quantitative estimate of drug-likeness (QED) is 0.937. The number of hydrogen-bond donors (Lipinski definition) is 1. The molecule has 1 N–H and O–H groups in total. The summed E-state index contributed by atoms with van der Waals surface area (Å²) in [7, 11) is 1.47. The lowest BCUT2D eigenvalue weighted by atomic mass is 10.0. The zero-order valence-electron chi connectivity index (χ0n) is 12.4. The smallest absolute Gasteiger partial charge is 0.165 e. The van der Waals surface area contributed by atoms with Gasteiger partial charge in [-0.05, 0) is 29.8 Å². The predicted molar refractivity (Wildman–Crippen MR) is 85.2 cm³/mol. The highest BCUT2D eigenvalue weighted by Gasteiger charge is 2.26. The van der Waals surface area contributed by atoms with E-state index < -0.39 is 0 Å². The van der Waals surface area contributed by atoms with Crippen molar-refractivity contribution in [1.82, 2.24) is 10.2 Å². The molecule has 1 aromatic heterocycles. The number of ether oxygens (including phenoxy) is 1. The molecule has 6 heteroatoms. The van der Waals surface area contributed by atoms with Gasteiger partial charge in [0, 0.05) is 26.2 Å². The highest BCUT2D eigenvalue weighted by atomic mass is 35.5. The first-order valence-electron chi connectivity index (χ1n) is 7.11. The molecular weight excluding hydrogens is 307 g/mol. The van der Waals surface area contributed by atoms with Crippen molar-refractivity contribution in [3.8, 4) is 5.75 Å². The van der Waals surface area contributed by atoms with Crippen molar-refractivity contribution < 1.29 is 13.5 Å². The van der Waals surface area contributed by atoms with Crippen LogP contribution in [0.15, 0.2) is 41.0 Å². The minimum atomic E-state index is -0.346. The van der Waals surface area contributed by atoms with E-state index in [2.05, 4.69) is 10.2 Å². The van der Waals surface area contributed by atoms with Crippen molar-refractivity contribution >= 4 is 12.4 Å². The van der Waals surface area contributed by atoms with Gasteiger partial charge in [-0.3, -0.25) is 4.90 Å². The van der Waals surface area contributed by atoms with Gasteiger partial charge in [-0.1, -0.05) is 6.07 Å². The van der Waals surface area contributed by atoms with Gasteiger partial charge >= 0.3 is 0 Å². The highest BCUT2D eigenvalue weighted by Crippen LogP contribution is 2.31. The maximum Gasteiger partial charge on any atom is 0.165 e. The first-order chi connectivity index (χ1) is 10.3. The molecule has 0 spiro atoms. The van der Waals surface area contributed by atoms with Crippen LogP contribution < -0.4 is 10.1 Å². The first kappa shape index (κ1) is 16.8. The lowest BCUT2D eigenvalue weighted by Crippen LogP contribution is -2.45. The average molecular weight is 327 g/mol. The number of hydrogen-bond acceptors (Lipinski definition) is 4. The molecule has 4 nitrogen and oxygen atoms in total. The molecule has 120 valence electrons. The van der Waals surface area contributed by atoms with Crippen LogP contribution in [0.4, 0.5) is 4.39 Å². The summed E-state index contributed by atoms with van der Waals surface area (Å²) >= 11 is 0. The molecule has 0 radical (unpaired) electrons. The third kappa shape index (κ3) is 3.43. The number of halogens is 2. The number of nitrogens with one attached hydrogen (secondary N) is 1. The van der Waals surface area contributed by atoms with E-state index in [1.165, 1.54) is 13.2 Å². The summed E-state index contributed by atoms with van der Waals surface area (Å²) in [6.45, 7) is 3.66. The first-order valence-corrected chi connectivity index (χ1v) is 7.11. The van der Waals surface area contributed by atoms with Crippen molar-refractivity contribution in [2.45, 2.75) is 6.04 Å². The van der Waals surface area contributed by atoms with Gasteiger partial charge in [-0.2, -0.15) is 0 Å². The van der Waals surface area contributed by atoms with Crippen LogP contribution in [0, 0.1) is 5.82 Å². The topological polar surface area (TPSA) is 37.6 Å². The molecule has 0 amide bonds. The van der Waals surface area contributed by atoms with Crippen LogP contribution in [0.5, 0.6) is 5.75 Å². The second-order valence-electron chi connectivity index (χ2n) is 5.10. The molecule has 3 rings (SSSR count). The second kappa shape index (κ2) is 7.63. The fraction of sp³-hybridized carbons (Fsp3) is 0.375. The number of benzene rings is 1. The number of furan rings is 1. The fourth-order valence-corrected chi connectivity index (χ4v) is 2.79. The van der Waals surface area contributed by atoms with Gasteiger partial charge in [-0.15, -0.1) is 12.4 Å². The SMILES string of the molecule is COc1ccc([C@@H](c2ccco2)N2CCNCC2)cc1F.Cl. The zero-order chi connectivity index (χ0) is 14.7. The summed E-state index contributed by atoms with van der Waals surface area (Å²) in [6.07, 6.45) is 1.66. The molecule has 0 saturated carbocycles. The van der Waals surface area contributed by atoms with Gasteiger partial charge in [0.05, 0.1) is 19.4 Å². The summed E-state index contributed by atoms with van der Waals surface area (Å²) in [4.78, 5) is 2.30. The molecule has 0 unspecified atom stereocenters. The molecule has 1 aliphatic heterocycles. The van der Waals surface area contributed by atoms with Gasteiger partial charge in [0.25, 0.3) is 0 Å². The zero-order valence-corrected chi connectivity index (χ0v) is 13.2. The van der Waals surface area contributed by atoms with Crippen LogP contribution in [-0.4, -0.2) is 38.2 Å². The van der Waals surface area contributed by atoms with Crippen molar-refractivity contribution in [3.05, 3.63) is 53.7 Å². The number of nitrogens with zero attached hydrogens (tertiary/aromatic N) is 1. The Balaban J connectivity index is 0.00000176. The van der Waals surface area contributed by atoms with Crippen LogP contribution >= 0.6 is 12.4 Å². The van der Waals surface area contributed by atoms with E-state index >= 15 is 0 Å². The normalized spacial score (nSPS) is 16.8. The van der Waals surface area contributed by atoms with Crippen LogP contribution in [0.1, 0.15) is 17.4 Å². The Hall–Kier alpha value is -1.56. The van der Waals surface area contributed by atoms with Crippen LogP contribution in [0.25, 0.3) is 0 Å². The largest absolute Gasteiger partial charge is 0.494 e. The van der Waals surface area contributed by atoms with Crippen LogP contribution in [-0.2, 0) is 0 Å². The molecular formula is C16H20ClFN2O2. The Morgan fingerprint density at radius 3 is 2.64 bits per heavy atom. The Labute approximate surface area is 135 Å². The Morgan fingerprint density at radius 1 is 1.27 bits per heavy atom. The Kier molecular flexibility index (Phi) is 5.83. The minimum absolute atomic E-state index is 0. The van der Waals surface area contributed by atoms with Gasteiger partial charge in [0.2, 0.25) is 0 Å². The molecule has 0 bridgehead atoms. The predicted octanol–water partition coefficient (Wildman–Crippen LogP) is 2.84. The lowest BCUT2D eigenvalue weighted by Gasteiger charge is -2.34. The van der Waals surface area contributed by atoms with Gasteiger partial charge in [-0.25, -0.2) is 4.39 Å². The standard InChI is InChI=1S/C16H19FN2O2.ClH/c1-20-14-5-4-12(11-13(14)17)16(15-3-2-10-21-15)19-8-6-18-7-9-19;/h2-5,10-11,16,18H,6-9H2,1H3;1H/t16-;/m0./s1. The fourth-order valence-electron chi connectivity index (χ4n) is 2.79. The van der Waals surface area contributed by atoms with E-state index in [0.29, 0.717) is 0 Å². The maximum absolute atomic E-state index is 14.0. The Morgan fingerprint density at radius 2 is 2.05 bits per heavy atom. The third-order valence-electron chi connectivity index (χ3n) is 3.82. The summed E-state index contributed by atoms with van der Waals surface area (Å²) in [5.41, 5.74) is 0.880. The monoisotopic (exact) mass is 326 g/mol. The van der Waals surface area contributed by atoms with E-state index in [4.69, 9.17) is 9.15 Å². The average Bonchev–Trinajstić information content (AvgIpc) is 3.03. The van der Waals surface area contributed by atoms with Crippen molar-refractivity contribution in [3.63, 3.8) is 0 Å². The lowest BCUT2D eigenvalue weighted by molar-refractivity contribution is 0.179. The maximum atomic E-state index is 14.0. The van der Waals surface area contributed by atoms with E-state index in [-0.39, 0.29) is 30.0 Å². The summed E-state index contributed by atoms with van der Waals surface area (Å²) in [5.74, 6) is 0.750. The summed E-state index contributed by atoms with van der Waals surface area (Å²) < 4.78 is 24.6. The minimum Gasteiger partial charge on any atom is -0.494 e. The molecule has 1 aliphatic rings. The van der Waals surface area contributed by atoms with E-state index in [1.54, 1.807) is 12.3 Å². The molecule has 1 fully saturated rings. The molecule has 2 aromatic rings. The van der Waals surface area contributed by atoms with Crippen LogP contribution in [0.3, 0.4) is 0 Å². The Bertz CT molecular complexity index is 586. The molecule has 22 heavy (non-hydrogen) atoms. The van der Waals surface area contributed by atoms with Crippen molar-refractivity contribution in [2.75, 3.05) is 33.3 Å². The van der Waals surface area contributed by atoms with Crippen molar-refractivity contribution in [1.29, 1.82) is 0 Å². The number of methoxy groups -OCH3 is 1. The molecule has 0 aliphatic carbocycles. The van der Waals surface area contributed by atoms with Crippen LogP contribution in [0.2, 0.25) is 0 Å². The van der Waals surface area contributed by atoms with E-state index in [9.17, 15) is 4.39 Å². The third-order valence-corrected chi connectivity index (χ3v) is 3.82. The number of rotatable bonds is 4. The van der Waals surface area contributed by atoms with E-state index in [0.717, 1.165) is 37.5 Å². The summed E-state index contributed by atoms with van der Waals surface area (Å²) in [5, 5.41) is 3.33. The highest BCUT2D eigenvalue weighted by molar-refractivity contribution is 5.85. The number of piperazine rings is 1. The van der Waals surface area contributed by atoms with Gasteiger partial charge < -0.3 is 14.5 Å². The molecule has 1 aromatic carbocycles. The molecule has 2 heterocycles. The van der Waals surface area contributed by atoms with Crippen molar-refractivity contribution in [2.24, 2.45) is 0 Å². The second-order valence-corrected chi connectivity index (χ2v) is 5.10. The molecule has 1 saturated heterocycles.